The molecule has 1 aromatic heterocycles. The minimum absolute atomic E-state index is 0.272. The average Bonchev–Trinajstić information content (AvgIpc) is 2.86. The van der Waals surface area contributed by atoms with E-state index >= 15 is 0 Å². The Hall–Kier alpha value is -2.63. The summed E-state index contributed by atoms with van der Waals surface area (Å²) in [7, 11) is 1.44. The van der Waals surface area contributed by atoms with Gasteiger partial charge in [0.15, 0.2) is 0 Å². The van der Waals surface area contributed by atoms with Crippen LogP contribution in [0.15, 0.2) is 24.3 Å². The van der Waals surface area contributed by atoms with Crippen molar-refractivity contribution in [2.24, 2.45) is 0 Å². The van der Waals surface area contributed by atoms with E-state index in [0.29, 0.717) is 5.69 Å². The van der Waals surface area contributed by atoms with E-state index in [-0.39, 0.29) is 12.2 Å². The van der Waals surface area contributed by atoms with Gasteiger partial charge in [-0.15, -0.1) is 0 Å². The summed E-state index contributed by atoms with van der Waals surface area (Å²) in [5.41, 5.74) is 4.11. The van der Waals surface area contributed by atoms with Crippen molar-refractivity contribution in [2.45, 2.75) is 13.8 Å². The molecule has 0 saturated carbocycles. The van der Waals surface area contributed by atoms with E-state index in [9.17, 15) is 9.59 Å². The zero-order valence-corrected chi connectivity index (χ0v) is 12.2. The van der Waals surface area contributed by atoms with Gasteiger partial charge in [0.25, 0.3) is 5.91 Å². The highest BCUT2D eigenvalue weighted by Crippen LogP contribution is 2.23. The average molecular weight is 287 g/mol. The highest BCUT2D eigenvalue weighted by Gasteiger charge is 2.17. The standard InChI is InChI=1S/C15H17N3O3/c1-9-4-5-11(10(2)6-9)12-7-13(17-16-12)15(21)18(3)8-14(19)20/h4-7H,8H2,1-3H3,(H,16,17)(H,19,20). The second kappa shape index (κ2) is 5.78. The molecule has 21 heavy (non-hydrogen) atoms. The SMILES string of the molecule is Cc1ccc(-c2cc(C(=O)N(C)CC(=O)O)[nH]n2)c(C)c1. The van der Waals surface area contributed by atoms with Gasteiger partial charge >= 0.3 is 5.97 Å². The minimum atomic E-state index is -1.06. The highest BCUT2D eigenvalue weighted by molar-refractivity contribution is 5.94. The van der Waals surface area contributed by atoms with Crippen molar-refractivity contribution in [3.05, 3.63) is 41.1 Å². The fourth-order valence-corrected chi connectivity index (χ4v) is 2.15. The Bertz CT molecular complexity index is 691. The molecule has 2 aromatic rings. The number of nitrogens with one attached hydrogen (secondary N) is 1. The number of nitrogens with zero attached hydrogens (tertiary/aromatic N) is 2. The lowest BCUT2D eigenvalue weighted by Crippen LogP contribution is -2.32. The van der Waals surface area contributed by atoms with Gasteiger partial charge < -0.3 is 10.0 Å². The molecule has 2 N–H and O–H groups in total. The molecule has 0 fully saturated rings. The number of H-pyrrole nitrogens is 1. The Morgan fingerprint density at radius 2 is 2.00 bits per heavy atom. The molecule has 1 amide bonds. The Labute approximate surface area is 122 Å². The number of carboxylic acid groups (broad SMARTS) is 1. The predicted molar refractivity (Wildman–Crippen MR) is 78.1 cm³/mol. The van der Waals surface area contributed by atoms with Crippen LogP contribution in [0.2, 0.25) is 0 Å². The van der Waals surface area contributed by atoms with Gasteiger partial charge in [0.1, 0.15) is 12.2 Å². The summed E-state index contributed by atoms with van der Waals surface area (Å²) in [5.74, 6) is -1.46. The third kappa shape index (κ3) is 3.28. The van der Waals surface area contributed by atoms with E-state index in [2.05, 4.69) is 10.2 Å². The van der Waals surface area contributed by atoms with Gasteiger partial charge in [0, 0.05) is 12.6 Å². The number of rotatable bonds is 4. The molecule has 0 unspecified atom stereocenters. The second-order valence-corrected chi connectivity index (χ2v) is 5.04. The van der Waals surface area contributed by atoms with Gasteiger partial charge in [0.2, 0.25) is 0 Å². The quantitative estimate of drug-likeness (QED) is 0.898. The van der Waals surface area contributed by atoms with Gasteiger partial charge in [-0.05, 0) is 25.5 Å². The van der Waals surface area contributed by atoms with Gasteiger partial charge in [-0.25, -0.2) is 0 Å². The molecule has 0 aliphatic carbocycles. The number of aromatic amines is 1. The van der Waals surface area contributed by atoms with Crippen molar-refractivity contribution in [1.82, 2.24) is 15.1 Å². The largest absolute Gasteiger partial charge is 0.480 e. The highest BCUT2D eigenvalue weighted by atomic mass is 16.4. The molecule has 0 saturated heterocycles. The number of aliphatic carboxylic acids is 1. The van der Waals surface area contributed by atoms with Crippen molar-refractivity contribution >= 4 is 11.9 Å². The van der Waals surface area contributed by atoms with Gasteiger partial charge in [-0.2, -0.15) is 5.10 Å². The van der Waals surface area contributed by atoms with Crippen LogP contribution >= 0.6 is 0 Å². The van der Waals surface area contributed by atoms with Crippen LogP contribution in [0.5, 0.6) is 0 Å². The second-order valence-electron chi connectivity index (χ2n) is 5.04. The van der Waals surface area contributed by atoms with Crippen LogP contribution < -0.4 is 0 Å². The first kappa shape index (κ1) is 14.8. The lowest BCUT2D eigenvalue weighted by atomic mass is 10.0. The first-order chi connectivity index (χ1) is 9.88. The maximum absolute atomic E-state index is 12.1. The zero-order chi connectivity index (χ0) is 15.6. The Morgan fingerprint density at radius 1 is 1.29 bits per heavy atom. The number of carbonyl (C=O) groups is 2. The lowest BCUT2D eigenvalue weighted by molar-refractivity contribution is -0.137. The molecule has 0 spiro atoms. The van der Waals surface area contributed by atoms with Crippen LogP contribution in [-0.2, 0) is 4.79 Å². The fourth-order valence-electron chi connectivity index (χ4n) is 2.15. The van der Waals surface area contributed by atoms with Crippen LogP contribution in [0.1, 0.15) is 21.6 Å². The van der Waals surface area contributed by atoms with Gasteiger partial charge in [0.05, 0.1) is 5.69 Å². The summed E-state index contributed by atoms with van der Waals surface area (Å²) in [5, 5.41) is 15.5. The molecule has 0 aliphatic rings. The Kier molecular flexibility index (Phi) is 4.07. The number of likely N-dealkylation sites (N-methyl/N-ethyl adjacent to an activating group) is 1. The zero-order valence-electron chi connectivity index (χ0n) is 12.2. The smallest absolute Gasteiger partial charge is 0.323 e. The number of benzene rings is 1. The maximum atomic E-state index is 12.1. The normalized spacial score (nSPS) is 10.4. The molecule has 6 nitrogen and oxygen atoms in total. The van der Waals surface area contributed by atoms with Crippen molar-refractivity contribution in [3.63, 3.8) is 0 Å². The maximum Gasteiger partial charge on any atom is 0.323 e. The number of carbonyl (C=O) groups excluding carboxylic acids is 1. The molecule has 1 aromatic carbocycles. The third-order valence-electron chi connectivity index (χ3n) is 3.19. The number of carboxylic acids is 1. The predicted octanol–water partition coefficient (Wildman–Crippen LogP) is 1.85. The van der Waals surface area contributed by atoms with E-state index in [1.54, 1.807) is 6.07 Å². The topological polar surface area (TPSA) is 86.3 Å². The van der Waals surface area contributed by atoms with Crippen molar-refractivity contribution < 1.29 is 14.7 Å². The van der Waals surface area contributed by atoms with Gasteiger partial charge in [-0.3, -0.25) is 14.7 Å². The molecule has 110 valence electrons. The van der Waals surface area contributed by atoms with E-state index in [1.165, 1.54) is 7.05 Å². The van der Waals surface area contributed by atoms with Crippen LogP contribution in [-0.4, -0.2) is 45.7 Å². The van der Waals surface area contributed by atoms with Gasteiger partial charge in [-0.1, -0.05) is 23.8 Å². The number of amides is 1. The first-order valence-electron chi connectivity index (χ1n) is 6.49. The van der Waals surface area contributed by atoms with Crippen molar-refractivity contribution in [1.29, 1.82) is 0 Å². The fraction of sp³-hybridized carbons (Fsp3) is 0.267. The summed E-state index contributed by atoms with van der Waals surface area (Å²) in [4.78, 5) is 23.8. The molecule has 0 radical (unpaired) electrons. The number of aryl methyl sites for hydroxylation is 2. The third-order valence-corrected chi connectivity index (χ3v) is 3.19. The van der Waals surface area contributed by atoms with Crippen LogP contribution in [0, 0.1) is 13.8 Å². The molecular weight excluding hydrogens is 270 g/mol. The number of aromatic nitrogens is 2. The van der Waals surface area contributed by atoms with E-state index in [4.69, 9.17) is 5.11 Å². The molecular formula is C15H17N3O3. The summed E-state index contributed by atoms with van der Waals surface area (Å²) in [6.07, 6.45) is 0. The summed E-state index contributed by atoms with van der Waals surface area (Å²) >= 11 is 0. The molecule has 1 heterocycles. The molecule has 6 heteroatoms. The van der Waals surface area contributed by atoms with E-state index in [0.717, 1.165) is 21.6 Å². The summed E-state index contributed by atoms with van der Waals surface area (Å²) < 4.78 is 0. The summed E-state index contributed by atoms with van der Waals surface area (Å²) in [6, 6.07) is 7.62. The Balaban J connectivity index is 2.25. The van der Waals surface area contributed by atoms with E-state index in [1.807, 2.05) is 32.0 Å². The Morgan fingerprint density at radius 3 is 2.62 bits per heavy atom. The number of hydrogen-bond acceptors (Lipinski definition) is 3. The van der Waals surface area contributed by atoms with Crippen LogP contribution in [0.3, 0.4) is 0 Å². The van der Waals surface area contributed by atoms with Crippen molar-refractivity contribution in [3.8, 4) is 11.3 Å². The monoisotopic (exact) mass is 287 g/mol. The molecule has 0 bridgehead atoms. The molecule has 0 atom stereocenters. The number of hydrogen-bond donors (Lipinski definition) is 2. The van der Waals surface area contributed by atoms with Crippen molar-refractivity contribution in [2.75, 3.05) is 13.6 Å². The van der Waals surface area contributed by atoms with Crippen LogP contribution in [0.4, 0.5) is 0 Å². The lowest BCUT2D eigenvalue weighted by Gasteiger charge is -2.12. The molecule has 2 rings (SSSR count). The first-order valence-corrected chi connectivity index (χ1v) is 6.49. The minimum Gasteiger partial charge on any atom is -0.480 e. The molecule has 0 aliphatic heterocycles. The van der Waals surface area contributed by atoms with Crippen LogP contribution in [0.25, 0.3) is 11.3 Å². The summed E-state index contributed by atoms with van der Waals surface area (Å²) in [6.45, 7) is 3.64. The van der Waals surface area contributed by atoms with E-state index < -0.39 is 11.9 Å².